The predicted molar refractivity (Wildman–Crippen MR) is 126 cm³/mol. The third kappa shape index (κ3) is 7.34. The van der Waals surface area contributed by atoms with Crippen LogP contribution in [0.2, 0.25) is 0 Å². The van der Waals surface area contributed by atoms with Crippen molar-refractivity contribution in [1.82, 2.24) is 19.8 Å². The molecule has 0 spiro atoms. The van der Waals surface area contributed by atoms with Crippen molar-refractivity contribution in [3.63, 3.8) is 0 Å². The third-order valence-electron chi connectivity index (χ3n) is 5.33. The normalized spacial score (nSPS) is 15.8. The number of benzene rings is 2. The van der Waals surface area contributed by atoms with E-state index in [-0.39, 0.29) is 5.75 Å². The van der Waals surface area contributed by atoms with Gasteiger partial charge >= 0.3 is 0 Å². The van der Waals surface area contributed by atoms with Gasteiger partial charge in [0.15, 0.2) is 5.96 Å². The molecular weight excluding hydrogens is 410 g/mol. The molecule has 2 N–H and O–H groups in total. The van der Waals surface area contributed by atoms with E-state index in [1.165, 1.54) is 12.6 Å². The molecule has 168 valence electrons. The molecule has 7 nitrogen and oxygen atoms in total. The zero-order valence-corrected chi connectivity index (χ0v) is 19.2. The average Bonchev–Trinajstić information content (AvgIpc) is 2.78. The summed E-state index contributed by atoms with van der Waals surface area (Å²) in [6, 6.07) is 18.2. The SMILES string of the molecule is CCNC(=NCc1cccc(CS(=O)(=O)NC)c1)N1CCN(Cc2ccccc2)CC1. The van der Waals surface area contributed by atoms with Crippen molar-refractivity contribution < 1.29 is 8.42 Å². The van der Waals surface area contributed by atoms with Crippen LogP contribution in [0.25, 0.3) is 0 Å². The van der Waals surface area contributed by atoms with Crippen molar-refractivity contribution in [3.05, 3.63) is 71.3 Å². The van der Waals surface area contributed by atoms with Crippen LogP contribution in [0.4, 0.5) is 0 Å². The van der Waals surface area contributed by atoms with E-state index in [0.29, 0.717) is 6.54 Å². The number of guanidine groups is 1. The molecule has 2 aromatic rings. The van der Waals surface area contributed by atoms with Crippen LogP contribution in [0, 0.1) is 0 Å². The van der Waals surface area contributed by atoms with Crippen molar-refractivity contribution in [3.8, 4) is 0 Å². The molecule has 1 aliphatic rings. The lowest BCUT2D eigenvalue weighted by atomic mass is 10.1. The maximum atomic E-state index is 11.8. The minimum Gasteiger partial charge on any atom is -0.357 e. The van der Waals surface area contributed by atoms with Gasteiger partial charge in [-0.15, -0.1) is 0 Å². The Morgan fingerprint density at radius 3 is 2.32 bits per heavy atom. The van der Waals surface area contributed by atoms with E-state index in [0.717, 1.165) is 56.4 Å². The quantitative estimate of drug-likeness (QED) is 0.482. The van der Waals surface area contributed by atoms with E-state index in [9.17, 15) is 8.42 Å². The Kier molecular flexibility index (Phi) is 8.45. The Labute approximate surface area is 186 Å². The largest absolute Gasteiger partial charge is 0.357 e. The molecule has 0 aliphatic carbocycles. The number of nitrogens with zero attached hydrogens (tertiary/aromatic N) is 3. The van der Waals surface area contributed by atoms with Gasteiger partial charge < -0.3 is 10.2 Å². The fourth-order valence-corrected chi connectivity index (χ4v) is 4.42. The lowest BCUT2D eigenvalue weighted by Gasteiger charge is -2.36. The van der Waals surface area contributed by atoms with Gasteiger partial charge in [-0.25, -0.2) is 18.1 Å². The van der Waals surface area contributed by atoms with Gasteiger partial charge in [-0.05, 0) is 30.7 Å². The molecule has 1 heterocycles. The minimum absolute atomic E-state index is 0.0233. The van der Waals surface area contributed by atoms with Crippen molar-refractivity contribution in [2.75, 3.05) is 39.8 Å². The van der Waals surface area contributed by atoms with Gasteiger partial charge in [-0.3, -0.25) is 4.90 Å². The number of hydrogen-bond donors (Lipinski definition) is 2. The van der Waals surface area contributed by atoms with Crippen LogP contribution in [0.5, 0.6) is 0 Å². The molecule has 0 radical (unpaired) electrons. The van der Waals surface area contributed by atoms with Crippen LogP contribution < -0.4 is 10.0 Å². The summed E-state index contributed by atoms with van der Waals surface area (Å²) in [6.45, 7) is 8.23. The predicted octanol–water partition coefficient (Wildman–Crippen LogP) is 2.02. The van der Waals surface area contributed by atoms with Crippen molar-refractivity contribution >= 4 is 16.0 Å². The number of rotatable bonds is 8. The number of nitrogens with one attached hydrogen (secondary N) is 2. The van der Waals surface area contributed by atoms with Gasteiger partial charge in [0.1, 0.15) is 0 Å². The molecule has 0 saturated carbocycles. The third-order valence-corrected chi connectivity index (χ3v) is 6.66. The number of piperazine rings is 1. The Bertz CT molecular complexity index is 955. The molecule has 3 rings (SSSR count). The molecule has 0 bridgehead atoms. The first-order chi connectivity index (χ1) is 15.0. The second-order valence-corrected chi connectivity index (χ2v) is 9.63. The van der Waals surface area contributed by atoms with E-state index in [1.807, 2.05) is 24.3 Å². The summed E-state index contributed by atoms with van der Waals surface area (Å²) in [5, 5.41) is 3.40. The van der Waals surface area contributed by atoms with Crippen molar-refractivity contribution in [1.29, 1.82) is 0 Å². The fraction of sp³-hybridized carbons (Fsp3) is 0.435. The van der Waals surface area contributed by atoms with Crippen LogP contribution in [0.15, 0.2) is 59.6 Å². The minimum atomic E-state index is -3.29. The first kappa shape index (κ1) is 23.2. The summed E-state index contributed by atoms with van der Waals surface area (Å²) in [6.07, 6.45) is 0. The highest BCUT2D eigenvalue weighted by Gasteiger charge is 2.19. The van der Waals surface area contributed by atoms with Gasteiger partial charge in [-0.1, -0.05) is 54.6 Å². The van der Waals surface area contributed by atoms with E-state index < -0.39 is 10.0 Å². The zero-order chi connectivity index (χ0) is 22.1. The summed E-state index contributed by atoms with van der Waals surface area (Å²) in [5.41, 5.74) is 3.11. The molecule has 0 amide bonds. The maximum Gasteiger partial charge on any atom is 0.215 e. The van der Waals surface area contributed by atoms with Crippen molar-refractivity contribution in [2.45, 2.75) is 25.8 Å². The summed E-state index contributed by atoms with van der Waals surface area (Å²) in [5.74, 6) is 0.889. The lowest BCUT2D eigenvalue weighted by Crippen LogP contribution is -2.52. The molecule has 1 saturated heterocycles. The standard InChI is InChI=1S/C23H33N5O2S/c1-3-25-23(26-17-21-10-7-11-22(16-21)19-31(29,30)24-2)28-14-12-27(13-15-28)18-20-8-5-4-6-9-20/h4-11,16,24H,3,12-15,17-19H2,1-2H3,(H,25,26). The highest BCUT2D eigenvalue weighted by atomic mass is 32.2. The molecule has 1 aliphatic heterocycles. The lowest BCUT2D eigenvalue weighted by molar-refractivity contribution is 0.172. The molecule has 0 unspecified atom stereocenters. The summed E-state index contributed by atoms with van der Waals surface area (Å²) in [7, 11) is -1.85. The van der Waals surface area contributed by atoms with Crippen LogP contribution in [-0.2, 0) is 28.9 Å². The molecule has 1 fully saturated rings. The van der Waals surface area contributed by atoms with Crippen LogP contribution in [-0.4, -0.2) is 63.9 Å². The summed E-state index contributed by atoms with van der Waals surface area (Å²) >= 11 is 0. The molecule has 2 aromatic carbocycles. The Hall–Kier alpha value is -2.42. The average molecular weight is 444 g/mol. The van der Waals surface area contributed by atoms with E-state index in [2.05, 4.69) is 57.1 Å². The van der Waals surface area contributed by atoms with Gasteiger partial charge in [0.05, 0.1) is 12.3 Å². The van der Waals surface area contributed by atoms with Crippen LogP contribution in [0.1, 0.15) is 23.6 Å². The maximum absolute atomic E-state index is 11.8. The molecule has 0 aromatic heterocycles. The Morgan fingerprint density at radius 2 is 1.65 bits per heavy atom. The number of hydrogen-bond acceptors (Lipinski definition) is 4. The first-order valence-corrected chi connectivity index (χ1v) is 12.4. The van der Waals surface area contributed by atoms with E-state index in [4.69, 9.17) is 4.99 Å². The smallest absolute Gasteiger partial charge is 0.215 e. The topological polar surface area (TPSA) is 77.0 Å². The highest BCUT2D eigenvalue weighted by molar-refractivity contribution is 7.88. The van der Waals surface area contributed by atoms with Gasteiger partial charge in [0, 0.05) is 39.3 Å². The summed E-state index contributed by atoms with van der Waals surface area (Å²) in [4.78, 5) is 9.60. The Balaban J connectivity index is 1.59. The Morgan fingerprint density at radius 1 is 0.968 bits per heavy atom. The van der Waals surface area contributed by atoms with Crippen LogP contribution >= 0.6 is 0 Å². The molecular formula is C23H33N5O2S. The van der Waals surface area contributed by atoms with E-state index in [1.54, 1.807) is 0 Å². The second kappa shape index (κ2) is 11.3. The van der Waals surface area contributed by atoms with Crippen molar-refractivity contribution in [2.24, 2.45) is 4.99 Å². The molecule has 0 atom stereocenters. The monoisotopic (exact) mass is 443 g/mol. The van der Waals surface area contributed by atoms with Gasteiger partial charge in [-0.2, -0.15) is 0 Å². The van der Waals surface area contributed by atoms with Gasteiger partial charge in [0.25, 0.3) is 0 Å². The number of aliphatic imine (C=N–C) groups is 1. The summed E-state index contributed by atoms with van der Waals surface area (Å²) < 4.78 is 26.0. The van der Waals surface area contributed by atoms with Gasteiger partial charge in [0.2, 0.25) is 10.0 Å². The highest BCUT2D eigenvalue weighted by Crippen LogP contribution is 2.12. The molecule has 8 heteroatoms. The first-order valence-electron chi connectivity index (χ1n) is 10.8. The fourth-order valence-electron chi connectivity index (χ4n) is 3.66. The second-order valence-electron chi connectivity index (χ2n) is 7.70. The van der Waals surface area contributed by atoms with E-state index >= 15 is 0 Å². The van der Waals surface area contributed by atoms with Crippen LogP contribution in [0.3, 0.4) is 0 Å². The number of sulfonamides is 1. The molecule has 31 heavy (non-hydrogen) atoms. The zero-order valence-electron chi connectivity index (χ0n) is 18.4.